The zero-order valence-electron chi connectivity index (χ0n) is 11.9. The molecule has 102 valence electrons. The molecule has 2 rings (SSSR count). The average Bonchev–Trinajstić information content (AvgIpc) is 2.85. The smallest absolute Gasteiger partial charge is 0.125 e. The molecule has 1 atom stereocenters. The molecule has 1 unspecified atom stereocenters. The number of rotatable bonds is 4. The van der Waals surface area contributed by atoms with Crippen molar-refractivity contribution in [3.8, 4) is 5.75 Å². The molecule has 0 aliphatic carbocycles. The van der Waals surface area contributed by atoms with Crippen molar-refractivity contribution in [2.75, 3.05) is 7.11 Å². The molecule has 0 bridgehead atoms. The second-order valence-corrected chi connectivity index (χ2v) is 5.71. The van der Waals surface area contributed by atoms with Crippen LogP contribution in [0.1, 0.15) is 40.2 Å². The van der Waals surface area contributed by atoms with Gasteiger partial charge in [-0.25, -0.2) is 0 Å². The lowest BCUT2D eigenvalue weighted by Crippen LogP contribution is -2.05. The van der Waals surface area contributed by atoms with Crippen LogP contribution in [-0.2, 0) is 6.42 Å². The number of methoxy groups -OCH3 is 1. The molecule has 0 saturated carbocycles. The summed E-state index contributed by atoms with van der Waals surface area (Å²) in [5.74, 6) is 0.764. The predicted octanol–water partition coefficient (Wildman–Crippen LogP) is 4.02. The highest BCUT2D eigenvalue weighted by atomic mass is 32.1. The molecule has 0 spiro atoms. The van der Waals surface area contributed by atoms with E-state index in [1.807, 2.05) is 25.3 Å². The fraction of sp³-hybridized carbons (Fsp3) is 0.375. The molecule has 19 heavy (non-hydrogen) atoms. The number of aliphatic hydroxyl groups excluding tert-OH is 1. The quantitative estimate of drug-likeness (QED) is 0.914. The van der Waals surface area contributed by atoms with E-state index in [0.717, 1.165) is 33.7 Å². The first-order valence-electron chi connectivity index (χ1n) is 6.48. The van der Waals surface area contributed by atoms with E-state index in [4.69, 9.17) is 4.74 Å². The maximum atomic E-state index is 10.7. The van der Waals surface area contributed by atoms with Gasteiger partial charge in [0.2, 0.25) is 0 Å². The minimum atomic E-state index is -0.606. The van der Waals surface area contributed by atoms with Crippen LogP contribution >= 0.6 is 11.3 Å². The number of ether oxygens (including phenoxy) is 1. The van der Waals surface area contributed by atoms with Crippen LogP contribution in [0.5, 0.6) is 5.75 Å². The molecular formula is C16H20O2S. The van der Waals surface area contributed by atoms with Crippen LogP contribution in [0.2, 0.25) is 0 Å². The Morgan fingerprint density at radius 2 is 2.05 bits per heavy atom. The van der Waals surface area contributed by atoms with Crippen molar-refractivity contribution >= 4 is 11.3 Å². The highest BCUT2D eigenvalue weighted by Gasteiger charge is 2.21. The number of benzene rings is 1. The van der Waals surface area contributed by atoms with Crippen molar-refractivity contribution in [2.24, 2.45) is 0 Å². The number of aliphatic hydroxyl groups is 1. The Morgan fingerprint density at radius 3 is 2.68 bits per heavy atom. The SMILES string of the molecule is CCc1ccsc1C(O)c1c(C)cc(C)cc1OC. The average molecular weight is 276 g/mol. The molecule has 0 aliphatic rings. The van der Waals surface area contributed by atoms with Gasteiger partial charge in [-0.3, -0.25) is 0 Å². The van der Waals surface area contributed by atoms with E-state index in [1.165, 1.54) is 5.56 Å². The maximum Gasteiger partial charge on any atom is 0.125 e. The van der Waals surface area contributed by atoms with Crippen molar-refractivity contribution in [1.82, 2.24) is 0 Å². The van der Waals surface area contributed by atoms with Gasteiger partial charge in [-0.05, 0) is 54.5 Å². The van der Waals surface area contributed by atoms with Gasteiger partial charge >= 0.3 is 0 Å². The van der Waals surface area contributed by atoms with E-state index in [0.29, 0.717) is 0 Å². The second kappa shape index (κ2) is 5.76. The van der Waals surface area contributed by atoms with Gasteiger partial charge in [0, 0.05) is 10.4 Å². The summed E-state index contributed by atoms with van der Waals surface area (Å²) in [6.07, 6.45) is 0.328. The van der Waals surface area contributed by atoms with Crippen molar-refractivity contribution in [2.45, 2.75) is 33.3 Å². The highest BCUT2D eigenvalue weighted by Crippen LogP contribution is 2.37. The second-order valence-electron chi connectivity index (χ2n) is 4.76. The summed E-state index contributed by atoms with van der Waals surface area (Å²) in [7, 11) is 1.65. The van der Waals surface area contributed by atoms with Crippen LogP contribution in [-0.4, -0.2) is 12.2 Å². The van der Waals surface area contributed by atoms with E-state index >= 15 is 0 Å². The normalized spacial score (nSPS) is 12.5. The van der Waals surface area contributed by atoms with Gasteiger partial charge in [0.25, 0.3) is 0 Å². The zero-order valence-corrected chi connectivity index (χ0v) is 12.7. The molecule has 1 heterocycles. The molecule has 1 aromatic heterocycles. The van der Waals surface area contributed by atoms with Crippen LogP contribution in [0.15, 0.2) is 23.6 Å². The summed E-state index contributed by atoms with van der Waals surface area (Å²) in [6.45, 7) is 6.17. The fourth-order valence-electron chi connectivity index (χ4n) is 2.47. The topological polar surface area (TPSA) is 29.5 Å². The van der Waals surface area contributed by atoms with Gasteiger partial charge in [0.05, 0.1) is 7.11 Å². The lowest BCUT2D eigenvalue weighted by Gasteiger charge is -2.18. The summed E-state index contributed by atoms with van der Waals surface area (Å²) in [4.78, 5) is 1.02. The third-order valence-corrected chi connectivity index (χ3v) is 4.41. The largest absolute Gasteiger partial charge is 0.496 e. The summed E-state index contributed by atoms with van der Waals surface area (Å²) in [5.41, 5.74) is 4.30. The zero-order chi connectivity index (χ0) is 14.0. The van der Waals surface area contributed by atoms with E-state index < -0.39 is 6.10 Å². The van der Waals surface area contributed by atoms with Gasteiger partial charge in [-0.15, -0.1) is 11.3 Å². The third kappa shape index (κ3) is 2.67. The minimum absolute atomic E-state index is 0.606. The molecule has 0 amide bonds. The highest BCUT2D eigenvalue weighted by molar-refractivity contribution is 7.10. The van der Waals surface area contributed by atoms with Gasteiger partial charge < -0.3 is 9.84 Å². The van der Waals surface area contributed by atoms with Crippen molar-refractivity contribution in [3.63, 3.8) is 0 Å². The van der Waals surface area contributed by atoms with Crippen LogP contribution < -0.4 is 4.74 Å². The maximum absolute atomic E-state index is 10.7. The third-order valence-electron chi connectivity index (χ3n) is 3.40. The summed E-state index contributed by atoms with van der Waals surface area (Å²) in [6, 6.07) is 6.14. The molecule has 2 nitrogen and oxygen atoms in total. The Labute approximate surface area is 118 Å². The van der Waals surface area contributed by atoms with Crippen molar-refractivity contribution in [1.29, 1.82) is 0 Å². The van der Waals surface area contributed by atoms with Crippen LogP contribution in [0.3, 0.4) is 0 Å². The molecule has 0 saturated heterocycles. The molecule has 0 aliphatic heterocycles. The molecule has 1 N–H and O–H groups in total. The number of aryl methyl sites for hydroxylation is 3. The van der Waals surface area contributed by atoms with Gasteiger partial charge in [-0.1, -0.05) is 13.0 Å². The monoisotopic (exact) mass is 276 g/mol. The van der Waals surface area contributed by atoms with Gasteiger partial charge in [0.15, 0.2) is 0 Å². The summed E-state index contributed by atoms with van der Waals surface area (Å²) < 4.78 is 5.44. The van der Waals surface area contributed by atoms with Gasteiger partial charge in [0.1, 0.15) is 11.9 Å². The fourth-order valence-corrected chi connectivity index (χ4v) is 3.46. The Bertz CT molecular complexity index is 572. The molecule has 0 radical (unpaired) electrons. The number of hydrogen-bond acceptors (Lipinski definition) is 3. The van der Waals surface area contributed by atoms with Gasteiger partial charge in [-0.2, -0.15) is 0 Å². The Kier molecular flexibility index (Phi) is 4.27. The first kappa shape index (κ1) is 14.1. The Morgan fingerprint density at radius 1 is 1.32 bits per heavy atom. The van der Waals surface area contributed by atoms with Crippen LogP contribution in [0.25, 0.3) is 0 Å². The van der Waals surface area contributed by atoms with E-state index in [9.17, 15) is 5.11 Å². The molecule has 1 aromatic carbocycles. The predicted molar refractivity (Wildman–Crippen MR) is 80.2 cm³/mol. The number of thiophene rings is 1. The first-order valence-corrected chi connectivity index (χ1v) is 7.35. The lowest BCUT2D eigenvalue weighted by molar-refractivity contribution is 0.216. The Hall–Kier alpha value is -1.32. The molecule has 0 fully saturated rings. The van der Waals surface area contributed by atoms with Crippen molar-refractivity contribution in [3.05, 3.63) is 50.7 Å². The van der Waals surface area contributed by atoms with E-state index in [1.54, 1.807) is 18.4 Å². The molecular weight excluding hydrogens is 256 g/mol. The molecule has 2 aromatic rings. The standard InChI is InChI=1S/C16H20O2S/c1-5-12-6-7-19-16(12)15(17)14-11(3)8-10(2)9-13(14)18-4/h6-9,15,17H,5H2,1-4H3. The van der Waals surface area contributed by atoms with E-state index in [-0.39, 0.29) is 0 Å². The summed E-state index contributed by atoms with van der Waals surface area (Å²) in [5, 5.41) is 12.7. The van der Waals surface area contributed by atoms with Crippen LogP contribution in [0.4, 0.5) is 0 Å². The lowest BCUT2D eigenvalue weighted by atomic mass is 9.97. The van der Waals surface area contributed by atoms with Crippen LogP contribution in [0, 0.1) is 13.8 Å². The Balaban J connectivity index is 2.52. The summed E-state index contributed by atoms with van der Waals surface area (Å²) >= 11 is 1.60. The minimum Gasteiger partial charge on any atom is -0.496 e. The molecule has 3 heteroatoms. The van der Waals surface area contributed by atoms with E-state index in [2.05, 4.69) is 19.1 Å². The first-order chi connectivity index (χ1) is 9.08. The van der Waals surface area contributed by atoms with Crippen molar-refractivity contribution < 1.29 is 9.84 Å². The number of hydrogen-bond donors (Lipinski definition) is 1.